The molecule has 0 radical (unpaired) electrons. The molecule has 0 amide bonds. The van der Waals surface area contributed by atoms with E-state index in [1.807, 2.05) is 17.5 Å². The summed E-state index contributed by atoms with van der Waals surface area (Å²) in [6, 6.07) is 8.76. The van der Waals surface area contributed by atoms with E-state index in [9.17, 15) is 14.4 Å². The molecule has 3 nitrogen and oxygen atoms in total. The van der Waals surface area contributed by atoms with Crippen molar-refractivity contribution in [1.29, 1.82) is 0 Å². The van der Waals surface area contributed by atoms with Gasteiger partial charge in [0.25, 0.3) is 5.43 Å². The molecule has 0 N–H and O–H groups in total. The molecule has 82 valence electrons. The van der Waals surface area contributed by atoms with Gasteiger partial charge in [0.15, 0.2) is 0 Å². The van der Waals surface area contributed by atoms with Crippen molar-refractivity contribution in [2.45, 2.75) is 0 Å². The summed E-state index contributed by atoms with van der Waals surface area (Å²) in [6.07, 6.45) is 0. The molecule has 0 spiro atoms. The van der Waals surface area contributed by atoms with Gasteiger partial charge < -0.3 is 0 Å². The molecule has 0 aliphatic heterocycles. The number of thiophene rings is 1. The van der Waals surface area contributed by atoms with Crippen LogP contribution in [0, 0.1) is 0 Å². The van der Waals surface area contributed by atoms with Crippen molar-refractivity contribution < 1.29 is 0 Å². The number of benzene rings is 1. The molecule has 0 bridgehead atoms. The molecule has 0 saturated heterocycles. The Kier molecular flexibility index (Phi) is 2.06. The van der Waals surface area contributed by atoms with Crippen LogP contribution in [-0.2, 0) is 0 Å². The zero-order chi connectivity index (χ0) is 12.0. The summed E-state index contributed by atoms with van der Waals surface area (Å²) in [7, 11) is 0. The summed E-state index contributed by atoms with van der Waals surface area (Å²) in [5.74, 6) is 0. The lowest BCUT2D eigenvalue weighted by Gasteiger charge is -1.96. The van der Waals surface area contributed by atoms with Crippen LogP contribution in [0.2, 0.25) is 0 Å². The molecule has 3 rings (SSSR count). The predicted octanol–water partition coefficient (Wildman–Crippen LogP) is 1.52. The van der Waals surface area contributed by atoms with Crippen LogP contribution in [-0.4, -0.2) is 0 Å². The van der Waals surface area contributed by atoms with E-state index in [2.05, 4.69) is 0 Å². The number of fused-ring (bicyclic) bond motifs is 1. The van der Waals surface area contributed by atoms with E-state index < -0.39 is 16.3 Å². The number of hydrogen-bond donors (Lipinski definition) is 0. The lowest BCUT2D eigenvalue weighted by molar-refractivity contribution is 1.56. The summed E-state index contributed by atoms with van der Waals surface area (Å²) in [5, 5.41) is 2.38. The molecule has 17 heavy (non-hydrogen) atoms. The standard InChI is InChI=1S/C13H6O3S/c14-11-8-4-3-7(10-2-1-5-17-10)6-9(8)12(15)13(11)16/h1-6H. The van der Waals surface area contributed by atoms with E-state index in [1.54, 1.807) is 29.5 Å². The third-order valence-corrected chi connectivity index (χ3v) is 3.65. The fourth-order valence-electron chi connectivity index (χ4n) is 1.87. The van der Waals surface area contributed by atoms with Crippen LogP contribution >= 0.6 is 11.3 Å². The van der Waals surface area contributed by atoms with Gasteiger partial charge in [-0.1, -0.05) is 12.1 Å². The van der Waals surface area contributed by atoms with Gasteiger partial charge in [-0.15, -0.1) is 11.3 Å². The Balaban J connectivity index is 2.42. The van der Waals surface area contributed by atoms with Crippen LogP contribution in [0.1, 0.15) is 0 Å². The van der Waals surface area contributed by atoms with Crippen LogP contribution < -0.4 is 16.3 Å². The SMILES string of the molecule is O=c1c(=O)c2ccc(-c3cccs3)cc2c1=O. The molecule has 1 heterocycles. The van der Waals surface area contributed by atoms with E-state index in [1.165, 1.54) is 0 Å². The van der Waals surface area contributed by atoms with Gasteiger partial charge in [-0.3, -0.25) is 14.4 Å². The maximum atomic E-state index is 11.6. The first-order valence-electron chi connectivity index (χ1n) is 5.00. The van der Waals surface area contributed by atoms with Gasteiger partial charge in [0.2, 0.25) is 10.9 Å². The van der Waals surface area contributed by atoms with Crippen molar-refractivity contribution in [3.8, 4) is 10.4 Å². The fourth-order valence-corrected chi connectivity index (χ4v) is 2.60. The van der Waals surface area contributed by atoms with Crippen molar-refractivity contribution in [2.24, 2.45) is 0 Å². The highest BCUT2D eigenvalue weighted by Gasteiger charge is 2.12. The molecular weight excluding hydrogens is 236 g/mol. The second kappa shape index (κ2) is 3.46. The lowest BCUT2D eigenvalue weighted by atomic mass is 10.1. The molecule has 0 aliphatic rings. The zero-order valence-corrected chi connectivity index (χ0v) is 9.41. The Bertz CT molecular complexity index is 837. The van der Waals surface area contributed by atoms with Gasteiger partial charge in [-0.05, 0) is 29.1 Å². The second-order valence-electron chi connectivity index (χ2n) is 3.73. The Morgan fingerprint density at radius 2 is 1.59 bits per heavy atom. The Hall–Kier alpha value is -2.07. The van der Waals surface area contributed by atoms with Gasteiger partial charge in [-0.25, -0.2) is 0 Å². The van der Waals surface area contributed by atoms with Crippen LogP contribution in [0.25, 0.3) is 21.2 Å². The lowest BCUT2D eigenvalue weighted by Crippen LogP contribution is -2.29. The molecule has 0 unspecified atom stereocenters. The molecule has 1 aromatic heterocycles. The average Bonchev–Trinajstić information content (AvgIpc) is 2.94. The summed E-state index contributed by atoms with van der Waals surface area (Å²) in [4.78, 5) is 35.3. The van der Waals surface area contributed by atoms with Crippen molar-refractivity contribution in [3.63, 3.8) is 0 Å². The Morgan fingerprint density at radius 3 is 2.29 bits per heavy atom. The third-order valence-electron chi connectivity index (χ3n) is 2.73. The summed E-state index contributed by atoms with van der Waals surface area (Å²) < 4.78 is 0. The van der Waals surface area contributed by atoms with Crippen LogP contribution in [0.5, 0.6) is 0 Å². The van der Waals surface area contributed by atoms with Crippen molar-refractivity contribution in [3.05, 3.63) is 66.4 Å². The van der Waals surface area contributed by atoms with Gasteiger partial charge in [-0.2, -0.15) is 0 Å². The normalized spacial score (nSPS) is 11.1. The molecule has 3 aromatic rings. The minimum atomic E-state index is -0.927. The van der Waals surface area contributed by atoms with Crippen LogP contribution in [0.15, 0.2) is 50.1 Å². The van der Waals surface area contributed by atoms with Crippen molar-refractivity contribution >= 4 is 22.1 Å². The smallest absolute Gasteiger partial charge is 0.273 e. The van der Waals surface area contributed by atoms with Gasteiger partial charge in [0.05, 0.1) is 0 Å². The van der Waals surface area contributed by atoms with Gasteiger partial charge in [0.1, 0.15) is 0 Å². The molecule has 0 aliphatic carbocycles. The van der Waals surface area contributed by atoms with Crippen molar-refractivity contribution in [1.82, 2.24) is 0 Å². The topological polar surface area (TPSA) is 51.2 Å². The van der Waals surface area contributed by atoms with Crippen LogP contribution in [0.4, 0.5) is 0 Å². The average molecular weight is 242 g/mol. The largest absolute Gasteiger partial charge is 0.285 e. The third kappa shape index (κ3) is 1.38. The summed E-state index contributed by atoms with van der Waals surface area (Å²) >= 11 is 1.54. The minimum Gasteiger partial charge on any atom is -0.285 e. The van der Waals surface area contributed by atoms with E-state index in [4.69, 9.17) is 0 Å². The monoisotopic (exact) mass is 242 g/mol. The number of hydrogen-bond acceptors (Lipinski definition) is 4. The predicted molar refractivity (Wildman–Crippen MR) is 68.4 cm³/mol. The first kappa shape index (κ1) is 10.1. The zero-order valence-electron chi connectivity index (χ0n) is 8.60. The molecule has 0 fully saturated rings. The fraction of sp³-hybridized carbons (Fsp3) is 0. The minimum absolute atomic E-state index is 0.223. The van der Waals surface area contributed by atoms with Crippen LogP contribution in [0.3, 0.4) is 0 Å². The highest BCUT2D eigenvalue weighted by Crippen LogP contribution is 2.25. The summed E-state index contributed by atoms with van der Waals surface area (Å²) in [5.41, 5.74) is -1.45. The van der Waals surface area contributed by atoms with E-state index in [0.29, 0.717) is 0 Å². The molecule has 4 heteroatoms. The van der Waals surface area contributed by atoms with E-state index in [0.717, 1.165) is 10.4 Å². The molecule has 0 saturated carbocycles. The highest BCUT2D eigenvalue weighted by atomic mass is 32.1. The van der Waals surface area contributed by atoms with E-state index >= 15 is 0 Å². The Labute approximate surface area is 99.3 Å². The maximum Gasteiger partial charge on any atom is 0.273 e. The van der Waals surface area contributed by atoms with Crippen molar-refractivity contribution in [2.75, 3.05) is 0 Å². The summed E-state index contributed by atoms with van der Waals surface area (Å²) in [6.45, 7) is 0. The number of rotatable bonds is 1. The quantitative estimate of drug-likeness (QED) is 0.608. The first-order chi connectivity index (χ1) is 8.18. The maximum absolute atomic E-state index is 11.6. The van der Waals surface area contributed by atoms with Gasteiger partial charge >= 0.3 is 0 Å². The molecular formula is C13H6O3S. The highest BCUT2D eigenvalue weighted by molar-refractivity contribution is 7.13. The first-order valence-corrected chi connectivity index (χ1v) is 5.88. The Morgan fingerprint density at radius 1 is 0.824 bits per heavy atom. The van der Waals surface area contributed by atoms with E-state index in [-0.39, 0.29) is 10.8 Å². The van der Waals surface area contributed by atoms with Gasteiger partial charge in [0, 0.05) is 15.6 Å². The molecule has 0 atom stereocenters. The second-order valence-corrected chi connectivity index (χ2v) is 4.67. The molecule has 2 aromatic carbocycles.